The van der Waals surface area contributed by atoms with Gasteiger partial charge in [-0.1, -0.05) is 11.6 Å². The molecule has 0 saturated carbocycles. The molecule has 0 aliphatic rings. The molecular weight excluding hydrogens is 300 g/mol. The topological polar surface area (TPSA) is 127 Å². The number of carbonyl (C=O) groups is 1. The van der Waals surface area contributed by atoms with Gasteiger partial charge in [0.05, 0.1) is 4.92 Å². The van der Waals surface area contributed by atoms with E-state index in [4.69, 9.17) is 11.6 Å². The smallest absolute Gasteiger partial charge is 0.300 e. The molecule has 2 heterocycles. The number of hydrogen-bond acceptors (Lipinski definition) is 6. The van der Waals surface area contributed by atoms with Gasteiger partial charge in [0.2, 0.25) is 0 Å². The van der Waals surface area contributed by atoms with Crippen LogP contribution in [0.1, 0.15) is 22.6 Å². The molecule has 2 rings (SSSR count). The lowest BCUT2D eigenvalue weighted by atomic mass is 10.2. The minimum absolute atomic E-state index is 0.0207. The minimum atomic E-state index is -0.674. The van der Waals surface area contributed by atoms with E-state index in [1.165, 1.54) is 12.4 Å². The predicted octanol–water partition coefficient (Wildman–Crippen LogP) is 1.12. The first kappa shape index (κ1) is 14.9. The molecule has 0 radical (unpaired) electrons. The molecule has 110 valence electrons. The van der Waals surface area contributed by atoms with Gasteiger partial charge in [0.25, 0.3) is 11.6 Å². The average Bonchev–Trinajstić information content (AvgIpc) is 2.96. The van der Waals surface area contributed by atoms with Crippen molar-refractivity contribution in [3.05, 3.63) is 45.2 Å². The molecule has 0 unspecified atom stereocenters. The maximum atomic E-state index is 11.9. The van der Waals surface area contributed by atoms with E-state index in [0.717, 1.165) is 6.20 Å². The van der Waals surface area contributed by atoms with E-state index in [1.807, 2.05) is 0 Å². The van der Waals surface area contributed by atoms with Crippen LogP contribution < -0.4 is 5.32 Å². The normalized spacial score (nSPS) is 10.3. The summed E-state index contributed by atoms with van der Waals surface area (Å²) in [4.78, 5) is 29.7. The molecule has 0 fully saturated rings. The van der Waals surface area contributed by atoms with Crippen LogP contribution in [0.5, 0.6) is 0 Å². The van der Waals surface area contributed by atoms with Gasteiger partial charge in [0.1, 0.15) is 29.1 Å². The second-order valence-corrected chi connectivity index (χ2v) is 4.46. The number of hydrogen-bond donors (Lipinski definition) is 2. The maximum Gasteiger partial charge on any atom is 0.300 e. The number of aromatic amines is 1. The lowest BCUT2D eigenvalue weighted by Crippen LogP contribution is -2.25. The Balaban J connectivity index is 1.93. The zero-order chi connectivity index (χ0) is 15.2. The number of H-pyrrole nitrogens is 1. The zero-order valence-electron chi connectivity index (χ0n) is 10.7. The summed E-state index contributed by atoms with van der Waals surface area (Å²) in [6.07, 6.45) is 3.59. The van der Waals surface area contributed by atoms with E-state index >= 15 is 0 Å². The van der Waals surface area contributed by atoms with Gasteiger partial charge in [-0.15, -0.1) is 0 Å². The van der Waals surface area contributed by atoms with Gasteiger partial charge in [-0.3, -0.25) is 20.0 Å². The number of carbonyl (C=O) groups excluding carboxylic acids is 1. The van der Waals surface area contributed by atoms with E-state index < -0.39 is 10.8 Å². The van der Waals surface area contributed by atoms with Crippen LogP contribution in [0.4, 0.5) is 5.69 Å². The Labute approximate surface area is 123 Å². The Kier molecular flexibility index (Phi) is 4.77. The second kappa shape index (κ2) is 6.75. The van der Waals surface area contributed by atoms with Crippen molar-refractivity contribution in [1.29, 1.82) is 0 Å². The van der Waals surface area contributed by atoms with Crippen LogP contribution in [0.3, 0.4) is 0 Å². The molecule has 21 heavy (non-hydrogen) atoms. The van der Waals surface area contributed by atoms with Crippen LogP contribution in [-0.4, -0.2) is 37.5 Å². The van der Waals surface area contributed by atoms with Gasteiger partial charge in [0.15, 0.2) is 0 Å². The van der Waals surface area contributed by atoms with Gasteiger partial charge >= 0.3 is 0 Å². The summed E-state index contributed by atoms with van der Waals surface area (Å²) < 4.78 is 0. The molecule has 2 N–H and O–H groups in total. The second-order valence-electron chi connectivity index (χ2n) is 4.07. The number of pyridine rings is 1. The Hall–Kier alpha value is -2.55. The summed E-state index contributed by atoms with van der Waals surface area (Å²) in [6.45, 7) is 0.344. The molecular formula is C11H11ClN6O3. The molecule has 0 atom stereocenters. The van der Waals surface area contributed by atoms with Crippen molar-refractivity contribution in [3.8, 4) is 0 Å². The lowest BCUT2D eigenvalue weighted by molar-refractivity contribution is -0.385. The highest BCUT2D eigenvalue weighted by atomic mass is 35.5. The Morgan fingerprint density at radius 2 is 2.29 bits per heavy atom. The number of nitrogens with one attached hydrogen (secondary N) is 2. The van der Waals surface area contributed by atoms with Crippen molar-refractivity contribution in [2.24, 2.45) is 0 Å². The number of amides is 1. The summed E-state index contributed by atoms with van der Waals surface area (Å²) >= 11 is 5.66. The molecule has 0 aliphatic carbocycles. The summed E-state index contributed by atoms with van der Waals surface area (Å²) in [6, 6.07) is 1.17. The molecule has 0 aliphatic heterocycles. The van der Waals surface area contributed by atoms with E-state index in [-0.39, 0.29) is 16.4 Å². The number of nitro groups is 1. The molecule has 9 nitrogen and oxygen atoms in total. The summed E-state index contributed by atoms with van der Waals surface area (Å²) in [5.41, 5.74) is -0.494. The highest BCUT2D eigenvalue weighted by molar-refractivity contribution is 6.29. The standard InChI is InChI=1S/C11H11ClN6O3/c12-9-4-7(8(5-14-9)18(20)21)11(19)13-3-1-2-10-15-6-16-17-10/h4-6H,1-3H2,(H,13,19)(H,15,16,17). The predicted molar refractivity (Wildman–Crippen MR) is 72.9 cm³/mol. The number of aromatic nitrogens is 4. The highest BCUT2D eigenvalue weighted by Gasteiger charge is 2.21. The first-order valence-corrected chi connectivity index (χ1v) is 6.38. The first-order valence-electron chi connectivity index (χ1n) is 6.00. The molecule has 2 aromatic heterocycles. The molecule has 0 aromatic carbocycles. The average molecular weight is 311 g/mol. The van der Waals surface area contributed by atoms with Crippen LogP contribution in [-0.2, 0) is 6.42 Å². The molecule has 0 bridgehead atoms. The molecule has 0 spiro atoms. The molecule has 0 saturated heterocycles. The fraction of sp³-hybridized carbons (Fsp3) is 0.273. The van der Waals surface area contributed by atoms with Crippen molar-refractivity contribution in [2.45, 2.75) is 12.8 Å². The molecule has 10 heteroatoms. The first-order chi connectivity index (χ1) is 10.1. The fourth-order valence-corrected chi connectivity index (χ4v) is 1.81. The molecule has 1 amide bonds. The van der Waals surface area contributed by atoms with Crippen molar-refractivity contribution in [3.63, 3.8) is 0 Å². The summed E-state index contributed by atoms with van der Waals surface area (Å²) in [5, 5.41) is 19.9. The number of nitrogens with zero attached hydrogens (tertiary/aromatic N) is 4. The maximum absolute atomic E-state index is 11.9. The summed E-state index contributed by atoms with van der Waals surface area (Å²) in [7, 11) is 0. The van der Waals surface area contributed by atoms with Crippen molar-refractivity contribution in [2.75, 3.05) is 6.54 Å². The van der Waals surface area contributed by atoms with E-state index in [0.29, 0.717) is 25.2 Å². The highest BCUT2D eigenvalue weighted by Crippen LogP contribution is 2.20. The summed E-state index contributed by atoms with van der Waals surface area (Å²) in [5.74, 6) is 0.144. The third kappa shape index (κ3) is 3.96. The minimum Gasteiger partial charge on any atom is -0.352 e. The van der Waals surface area contributed by atoms with E-state index in [1.54, 1.807) is 0 Å². The van der Waals surface area contributed by atoms with Crippen LogP contribution in [0.25, 0.3) is 0 Å². The van der Waals surface area contributed by atoms with Gasteiger partial charge in [-0.2, -0.15) is 5.10 Å². The van der Waals surface area contributed by atoms with Crippen molar-refractivity contribution in [1.82, 2.24) is 25.5 Å². The number of aryl methyl sites for hydroxylation is 1. The van der Waals surface area contributed by atoms with Crippen molar-refractivity contribution < 1.29 is 9.72 Å². The van der Waals surface area contributed by atoms with Gasteiger partial charge in [-0.25, -0.2) is 9.97 Å². The third-order valence-corrected chi connectivity index (χ3v) is 2.84. The number of rotatable bonds is 6. The van der Waals surface area contributed by atoms with Crippen molar-refractivity contribution >= 4 is 23.2 Å². The quantitative estimate of drug-likeness (QED) is 0.356. The zero-order valence-corrected chi connectivity index (χ0v) is 11.5. The van der Waals surface area contributed by atoms with Crippen LogP contribution in [0.15, 0.2) is 18.6 Å². The molecule has 2 aromatic rings. The van der Waals surface area contributed by atoms with E-state index in [9.17, 15) is 14.9 Å². The Bertz CT molecular complexity index is 645. The Morgan fingerprint density at radius 3 is 2.95 bits per heavy atom. The fourth-order valence-electron chi connectivity index (χ4n) is 1.65. The van der Waals surface area contributed by atoms with E-state index in [2.05, 4.69) is 25.5 Å². The largest absolute Gasteiger partial charge is 0.352 e. The van der Waals surface area contributed by atoms with Gasteiger partial charge < -0.3 is 5.32 Å². The third-order valence-electron chi connectivity index (χ3n) is 2.63. The van der Waals surface area contributed by atoms with Crippen LogP contribution >= 0.6 is 11.6 Å². The van der Waals surface area contributed by atoms with Crippen LogP contribution in [0.2, 0.25) is 5.15 Å². The van der Waals surface area contributed by atoms with Gasteiger partial charge in [-0.05, 0) is 12.5 Å². The van der Waals surface area contributed by atoms with Crippen LogP contribution in [0, 0.1) is 10.1 Å². The van der Waals surface area contributed by atoms with Gasteiger partial charge in [0, 0.05) is 13.0 Å². The Morgan fingerprint density at radius 1 is 1.48 bits per heavy atom. The number of halogens is 1. The monoisotopic (exact) mass is 310 g/mol. The lowest BCUT2D eigenvalue weighted by Gasteiger charge is -2.05. The SMILES string of the molecule is O=C(NCCCc1ncn[nH]1)c1cc(Cl)ncc1[N+](=O)[O-].